The van der Waals surface area contributed by atoms with E-state index in [1.165, 1.54) is 0 Å². The molecule has 0 aromatic rings. The summed E-state index contributed by atoms with van der Waals surface area (Å²) in [6.45, 7) is 4.01. The van der Waals surface area contributed by atoms with Gasteiger partial charge in [0.1, 0.15) is 5.60 Å². The van der Waals surface area contributed by atoms with Crippen LogP contribution in [-0.4, -0.2) is 18.8 Å². The van der Waals surface area contributed by atoms with Crippen LogP contribution in [0.15, 0.2) is 23.8 Å². The van der Waals surface area contributed by atoms with Crippen LogP contribution in [0.25, 0.3) is 0 Å². The maximum Gasteiger partial charge on any atom is 0.102 e. The highest BCUT2D eigenvalue weighted by atomic mass is 16.5. The van der Waals surface area contributed by atoms with Crippen LogP contribution in [0, 0.1) is 0 Å². The molecule has 0 heterocycles. The lowest BCUT2D eigenvalue weighted by molar-refractivity contribution is 0.0344. The van der Waals surface area contributed by atoms with Crippen molar-refractivity contribution in [2.24, 2.45) is 5.73 Å². The van der Waals surface area contributed by atoms with Crippen molar-refractivity contribution in [1.82, 2.24) is 0 Å². The first kappa shape index (κ1) is 8.50. The number of nitrogens with two attached hydrogens (primary N) is 1. The van der Waals surface area contributed by atoms with Gasteiger partial charge in [-0.25, -0.2) is 0 Å². The summed E-state index contributed by atoms with van der Waals surface area (Å²) in [4.78, 5) is 0. The standard InChI is InChI=1S/C9H15NO/c1-7-5-4-6-9(2,11-3)8(7)10/h4-6,8H,10H2,1-3H3. The molecule has 0 amide bonds. The minimum atomic E-state index is -0.321. The van der Waals surface area contributed by atoms with Gasteiger partial charge in [-0.15, -0.1) is 0 Å². The van der Waals surface area contributed by atoms with E-state index in [0.29, 0.717) is 0 Å². The number of hydrogen-bond donors (Lipinski definition) is 1. The first-order chi connectivity index (χ1) is 5.10. The van der Waals surface area contributed by atoms with E-state index in [2.05, 4.69) is 0 Å². The van der Waals surface area contributed by atoms with Gasteiger partial charge in [-0.2, -0.15) is 0 Å². The lowest BCUT2D eigenvalue weighted by atomic mass is 9.87. The highest BCUT2D eigenvalue weighted by molar-refractivity contribution is 5.29. The monoisotopic (exact) mass is 153 g/mol. The summed E-state index contributed by atoms with van der Waals surface area (Å²) in [5.74, 6) is 0. The molecule has 0 aliphatic heterocycles. The van der Waals surface area contributed by atoms with Crippen LogP contribution in [-0.2, 0) is 4.74 Å². The van der Waals surface area contributed by atoms with Gasteiger partial charge in [0.2, 0.25) is 0 Å². The lowest BCUT2D eigenvalue weighted by Gasteiger charge is -2.33. The van der Waals surface area contributed by atoms with E-state index in [0.717, 1.165) is 5.57 Å². The second-order valence-electron chi connectivity index (χ2n) is 3.14. The number of methoxy groups -OCH3 is 1. The third kappa shape index (κ3) is 1.37. The van der Waals surface area contributed by atoms with Crippen molar-refractivity contribution in [2.45, 2.75) is 25.5 Å². The maximum absolute atomic E-state index is 5.92. The maximum atomic E-state index is 5.92. The Morgan fingerprint density at radius 2 is 2.27 bits per heavy atom. The van der Waals surface area contributed by atoms with Gasteiger partial charge in [-0.05, 0) is 13.8 Å². The van der Waals surface area contributed by atoms with E-state index in [9.17, 15) is 0 Å². The highest BCUT2D eigenvalue weighted by Crippen LogP contribution is 2.24. The summed E-state index contributed by atoms with van der Waals surface area (Å²) in [7, 11) is 1.68. The van der Waals surface area contributed by atoms with Gasteiger partial charge in [0.05, 0.1) is 6.04 Å². The second kappa shape index (κ2) is 2.80. The fraction of sp³-hybridized carbons (Fsp3) is 0.556. The Labute approximate surface area is 67.7 Å². The zero-order valence-corrected chi connectivity index (χ0v) is 7.29. The summed E-state index contributed by atoms with van der Waals surface area (Å²) in [5.41, 5.74) is 6.77. The molecule has 62 valence electrons. The number of hydrogen-bond acceptors (Lipinski definition) is 2. The molecule has 2 unspecified atom stereocenters. The van der Waals surface area contributed by atoms with Crippen LogP contribution < -0.4 is 5.73 Å². The first-order valence-corrected chi connectivity index (χ1v) is 3.77. The van der Waals surface area contributed by atoms with E-state index in [1.807, 2.05) is 32.1 Å². The smallest absolute Gasteiger partial charge is 0.102 e. The third-order valence-electron chi connectivity index (χ3n) is 2.33. The SMILES string of the molecule is COC1(C)C=CC=C(C)C1N. The summed E-state index contributed by atoms with van der Waals surface area (Å²) in [5, 5.41) is 0. The fourth-order valence-corrected chi connectivity index (χ4v) is 1.25. The van der Waals surface area contributed by atoms with Crippen LogP contribution in [0.4, 0.5) is 0 Å². The normalized spacial score (nSPS) is 37.1. The van der Waals surface area contributed by atoms with Crippen LogP contribution in [0.2, 0.25) is 0 Å². The first-order valence-electron chi connectivity index (χ1n) is 3.77. The molecule has 0 bridgehead atoms. The number of allylic oxidation sites excluding steroid dienone is 2. The minimum Gasteiger partial charge on any atom is -0.372 e. The molecule has 0 fully saturated rings. The fourth-order valence-electron chi connectivity index (χ4n) is 1.25. The van der Waals surface area contributed by atoms with Gasteiger partial charge in [0.25, 0.3) is 0 Å². The predicted molar refractivity (Wildman–Crippen MR) is 46.3 cm³/mol. The van der Waals surface area contributed by atoms with E-state index in [4.69, 9.17) is 10.5 Å². The van der Waals surface area contributed by atoms with Gasteiger partial charge >= 0.3 is 0 Å². The molecule has 0 saturated carbocycles. The lowest BCUT2D eigenvalue weighted by Crippen LogP contribution is -2.47. The van der Waals surface area contributed by atoms with E-state index >= 15 is 0 Å². The largest absolute Gasteiger partial charge is 0.372 e. The molecule has 2 N–H and O–H groups in total. The molecule has 0 radical (unpaired) electrons. The molecule has 1 aliphatic rings. The van der Waals surface area contributed by atoms with Crippen molar-refractivity contribution in [2.75, 3.05) is 7.11 Å². The molecule has 2 nitrogen and oxygen atoms in total. The van der Waals surface area contributed by atoms with Crippen molar-refractivity contribution >= 4 is 0 Å². The van der Waals surface area contributed by atoms with E-state index < -0.39 is 0 Å². The average molecular weight is 153 g/mol. The number of ether oxygens (including phenoxy) is 1. The Morgan fingerprint density at radius 3 is 2.73 bits per heavy atom. The van der Waals surface area contributed by atoms with Gasteiger partial charge in [-0.1, -0.05) is 23.8 Å². The third-order valence-corrected chi connectivity index (χ3v) is 2.33. The predicted octanol–water partition coefficient (Wildman–Crippen LogP) is 1.23. The molecule has 0 saturated heterocycles. The zero-order chi connectivity index (χ0) is 8.48. The Balaban J connectivity index is 2.88. The van der Waals surface area contributed by atoms with Gasteiger partial charge in [0.15, 0.2) is 0 Å². The second-order valence-corrected chi connectivity index (χ2v) is 3.14. The molecule has 0 aromatic carbocycles. The van der Waals surface area contributed by atoms with Gasteiger partial charge in [0, 0.05) is 7.11 Å². The Hall–Kier alpha value is -0.600. The molecule has 0 aromatic heterocycles. The molecule has 11 heavy (non-hydrogen) atoms. The summed E-state index contributed by atoms with van der Waals surface area (Å²) in [6.07, 6.45) is 6.00. The molecule has 2 atom stereocenters. The molecule has 0 spiro atoms. The Kier molecular flexibility index (Phi) is 2.16. The van der Waals surface area contributed by atoms with Crippen LogP contribution >= 0.6 is 0 Å². The van der Waals surface area contributed by atoms with Gasteiger partial charge in [-0.3, -0.25) is 0 Å². The van der Waals surface area contributed by atoms with Crippen molar-refractivity contribution in [1.29, 1.82) is 0 Å². The molecular weight excluding hydrogens is 138 g/mol. The quantitative estimate of drug-likeness (QED) is 0.615. The summed E-state index contributed by atoms with van der Waals surface area (Å²) >= 11 is 0. The summed E-state index contributed by atoms with van der Waals surface area (Å²) < 4.78 is 5.31. The van der Waals surface area contributed by atoms with Crippen LogP contribution in [0.3, 0.4) is 0 Å². The molecular formula is C9H15NO. The Bertz CT molecular complexity index is 208. The van der Waals surface area contributed by atoms with Crippen molar-refractivity contribution in [3.8, 4) is 0 Å². The highest BCUT2D eigenvalue weighted by Gasteiger charge is 2.31. The molecule has 2 heteroatoms. The average Bonchev–Trinajstić information content (AvgIpc) is 2.00. The number of rotatable bonds is 1. The molecule has 1 rings (SSSR count). The summed E-state index contributed by atoms with van der Waals surface area (Å²) in [6, 6.07) is -0.0162. The van der Waals surface area contributed by atoms with E-state index in [1.54, 1.807) is 7.11 Å². The molecule has 1 aliphatic carbocycles. The Morgan fingerprint density at radius 1 is 1.64 bits per heavy atom. The van der Waals surface area contributed by atoms with E-state index in [-0.39, 0.29) is 11.6 Å². The topological polar surface area (TPSA) is 35.2 Å². The van der Waals surface area contributed by atoms with Gasteiger partial charge < -0.3 is 10.5 Å². The van der Waals surface area contributed by atoms with Crippen molar-refractivity contribution in [3.63, 3.8) is 0 Å². The van der Waals surface area contributed by atoms with Crippen molar-refractivity contribution < 1.29 is 4.74 Å². The minimum absolute atomic E-state index is 0.0162. The van der Waals surface area contributed by atoms with Crippen LogP contribution in [0.5, 0.6) is 0 Å². The zero-order valence-electron chi connectivity index (χ0n) is 7.29. The van der Waals surface area contributed by atoms with Crippen LogP contribution in [0.1, 0.15) is 13.8 Å². The van der Waals surface area contributed by atoms with Crippen molar-refractivity contribution in [3.05, 3.63) is 23.8 Å².